The van der Waals surface area contributed by atoms with Gasteiger partial charge in [0.1, 0.15) is 5.60 Å². The molecule has 160 valence electrons. The third-order valence-electron chi connectivity index (χ3n) is 5.08. The zero-order valence-corrected chi connectivity index (χ0v) is 18.3. The quantitative estimate of drug-likeness (QED) is 0.777. The molecule has 0 saturated carbocycles. The van der Waals surface area contributed by atoms with E-state index < -0.39 is 5.60 Å². The predicted octanol–water partition coefficient (Wildman–Crippen LogP) is 2.01. The van der Waals surface area contributed by atoms with E-state index in [1.807, 2.05) is 40.8 Å². The molecule has 1 aliphatic rings. The number of fused-ring (bicyclic) bond motifs is 1. The van der Waals surface area contributed by atoms with E-state index in [9.17, 15) is 9.59 Å². The number of methoxy groups -OCH3 is 1. The van der Waals surface area contributed by atoms with Crippen LogP contribution in [0.4, 0.5) is 10.5 Å². The number of carbonyl (C=O) groups excluding carboxylic acids is 1. The molecule has 3 rings (SSSR count). The Morgan fingerprint density at radius 3 is 2.55 bits per heavy atom. The average molecular weight is 405 g/mol. The summed E-state index contributed by atoms with van der Waals surface area (Å²) in [4.78, 5) is 33.7. The summed E-state index contributed by atoms with van der Waals surface area (Å²) in [7, 11) is 3.33. The molecule has 2 aromatic heterocycles. The van der Waals surface area contributed by atoms with Crippen molar-refractivity contribution in [3.63, 3.8) is 0 Å². The zero-order valence-electron chi connectivity index (χ0n) is 18.3. The third kappa shape index (κ3) is 4.24. The lowest BCUT2D eigenvalue weighted by Crippen LogP contribution is -2.59. The highest BCUT2D eigenvalue weighted by atomic mass is 16.6. The summed E-state index contributed by atoms with van der Waals surface area (Å²) in [5, 5.41) is 0. The molecule has 1 saturated heterocycles. The largest absolute Gasteiger partial charge is 0.444 e. The number of carbonyl (C=O) groups is 1. The summed E-state index contributed by atoms with van der Waals surface area (Å²) >= 11 is 0. The first-order valence-electron chi connectivity index (χ1n) is 9.85. The van der Waals surface area contributed by atoms with E-state index in [1.165, 1.54) is 4.68 Å². The normalized spacial score (nSPS) is 20.4. The second-order valence-electron chi connectivity index (χ2n) is 8.71. The van der Waals surface area contributed by atoms with Crippen molar-refractivity contribution in [2.75, 3.05) is 25.1 Å². The number of ether oxygens (including phenoxy) is 2. The van der Waals surface area contributed by atoms with E-state index in [0.29, 0.717) is 25.3 Å². The number of piperazine rings is 1. The van der Waals surface area contributed by atoms with Crippen LogP contribution in [0.3, 0.4) is 0 Å². The van der Waals surface area contributed by atoms with Gasteiger partial charge in [-0.3, -0.25) is 4.79 Å². The summed E-state index contributed by atoms with van der Waals surface area (Å²) in [5.74, 6) is 0. The monoisotopic (exact) mass is 405 g/mol. The molecule has 0 bridgehead atoms. The molecule has 0 aromatic carbocycles. The Labute approximate surface area is 170 Å². The number of aromatic nitrogens is 3. The molecule has 1 amide bonds. The van der Waals surface area contributed by atoms with Gasteiger partial charge >= 0.3 is 6.09 Å². The minimum Gasteiger partial charge on any atom is -0.444 e. The Hall–Kier alpha value is -2.55. The third-order valence-corrected chi connectivity index (χ3v) is 5.08. The van der Waals surface area contributed by atoms with Crippen LogP contribution in [0.1, 0.15) is 40.3 Å². The average Bonchev–Trinajstić information content (AvgIpc) is 3.03. The summed E-state index contributed by atoms with van der Waals surface area (Å²) in [5.41, 5.74) is 1.55. The molecule has 0 spiro atoms. The van der Waals surface area contributed by atoms with Gasteiger partial charge in [0.25, 0.3) is 5.56 Å². The SMILES string of the molecule is COCc1cn2c(n1)c(N1C[C@@H](C)N(C(=O)OC(C)(C)C)C[C@@H]1C)cc(=O)n2C. The van der Waals surface area contributed by atoms with Gasteiger partial charge in [0.05, 0.1) is 24.2 Å². The van der Waals surface area contributed by atoms with Crippen molar-refractivity contribution in [1.29, 1.82) is 0 Å². The Balaban J connectivity index is 1.94. The molecule has 2 aromatic rings. The number of rotatable bonds is 3. The fourth-order valence-electron chi connectivity index (χ4n) is 3.67. The maximum Gasteiger partial charge on any atom is 0.410 e. The Morgan fingerprint density at radius 1 is 1.24 bits per heavy atom. The Kier molecular flexibility index (Phi) is 5.62. The van der Waals surface area contributed by atoms with Crippen LogP contribution in [0.15, 0.2) is 17.1 Å². The highest BCUT2D eigenvalue weighted by Crippen LogP contribution is 2.27. The van der Waals surface area contributed by atoms with E-state index in [2.05, 4.69) is 9.88 Å². The smallest absolute Gasteiger partial charge is 0.410 e. The second-order valence-corrected chi connectivity index (χ2v) is 8.71. The van der Waals surface area contributed by atoms with Crippen LogP contribution in [-0.4, -0.2) is 63.1 Å². The molecular weight excluding hydrogens is 374 g/mol. The van der Waals surface area contributed by atoms with Gasteiger partial charge in [0.15, 0.2) is 5.65 Å². The fourth-order valence-corrected chi connectivity index (χ4v) is 3.67. The van der Waals surface area contributed by atoms with Crippen LogP contribution in [0.2, 0.25) is 0 Å². The van der Waals surface area contributed by atoms with Gasteiger partial charge in [0.2, 0.25) is 0 Å². The summed E-state index contributed by atoms with van der Waals surface area (Å²) in [6.45, 7) is 11.1. The predicted molar refractivity (Wildman–Crippen MR) is 110 cm³/mol. The summed E-state index contributed by atoms with van der Waals surface area (Å²) in [6, 6.07) is 1.54. The first kappa shape index (κ1) is 21.2. The molecule has 1 aliphatic heterocycles. The van der Waals surface area contributed by atoms with Gasteiger partial charge in [-0.1, -0.05) is 0 Å². The van der Waals surface area contributed by atoms with Gasteiger partial charge in [-0.05, 0) is 34.6 Å². The van der Waals surface area contributed by atoms with Crippen molar-refractivity contribution in [3.05, 3.63) is 28.3 Å². The van der Waals surface area contributed by atoms with Crippen molar-refractivity contribution in [1.82, 2.24) is 19.1 Å². The number of anilines is 1. The molecule has 0 radical (unpaired) electrons. The van der Waals surface area contributed by atoms with Crippen LogP contribution in [0.5, 0.6) is 0 Å². The van der Waals surface area contributed by atoms with Gasteiger partial charge < -0.3 is 19.3 Å². The lowest BCUT2D eigenvalue weighted by atomic mass is 10.1. The molecular formula is C20H31N5O4. The lowest BCUT2D eigenvalue weighted by Gasteiger charge is -2.45. The maximum atomic E-state index is 12.6. The minimum absolute atomic E-state index is 0.00259. The van der Waals surface area contributed by atoms with Crippen molar-refractivity contribution in [3.8, 4) is 0 Å². The van der Waals surface area contributed by atoms with Gasteiger partial charge in [-0.15, -0.1) is 0 Å². The van der Waals surface area contributed by atoms with E-state index in [1.54, 1.807) is 29.6 Å². The number of aryl methyl sites for hydroxylation is 1. The number of hydrogen-bond acceptors (Lipinski definition) is 6. The molecule has 0 unspecified atom stereocenters. The van der Waals surface area contributed by atoms with Crippen LogP contribution in [-0.2, 0) is 23.1 Å². The van der Waals surface area contributed by atoms with Crippen LogP contribution >= 0.6 is 0 Å². The van der Waals surface area contributed by atoms with Gasteiger partial charge in [-0.25, -0.2) is 19.0 Å². The molecule has 3 heterocycles. The molecule has 0 aliphatic carbocycles. The number of imidazole rings is 1. The number of hydrogen-bond donors (Lipinski definition) is 0. The van der Waals surface area contributed by atoms with E-state index in [0.717, 1.165) is 11.4 Å². The van der Waals surface area contributed by atoms with Crippen molar-refractivity contribution < 1.29 is 14.3 Å². The topological polar surface area (TPSA) is 81.3 Å². The molecule has 2 atom stereocenters. The minimum atomic E-state index is -0.539. The first-order chi connectivity index (χ1) is 13.5. The second kappa shape index (κ2) is 7.70. The summed E-state index contributed by atoms with van der Waals surface area (Å²) in [6.07, 6.45) is 1.50. The molecule has 29 heavy (non-hydrogen) atoms. The van der Waals surface area contributed by atoms with Gasteiger partial charge in [-0.2, -0.15) is 0 Å². The Morgan fingerprint density at radius 2 is 1.93 bits per heavy atom. The highest BCUT2D eigenvalue weighted by Gasteiger charge is 2.35. The molecule has 9 heteroatoms. The van der Waals surface area contributed by atoms with Gasteiger partial charge in [0, 0.05) is 45.4 Å². The number of amides is 1. The van der Waals surface area contributed by atoms with E-state index in [4.69, 9.17) is 9.47 Å². The number of nitrogens with zero attached hydrogens (tertiary/aromatic N) is 5. The van der Waals surface area contributed by atoms with Crippen LogP contribution in [0.25, 0.3) is 5.65 Å². The first-order valence-corrected chi connectivity index (χ1v) is 9.85. The van der Waals surface area contributed by atoms with E-state index in [-0.39, 0.29) is 23.7 Å². The lowest BCUT2D eigenvalue weighted by molar-refractivity contribution is 0.0130. The van der Waals surface area contributed by atoms with E-state index >= 15 is 0 Å². The van der Waals surface area contributed by atoms with Crippen molar-refractivity contribution in [2.45, 2.75) is 58.9 Å². The molecule has 0 N–H and O–H groups in total. The summed E-state index contributed by atoms with van der Waals surface area (Å²) < 4.78 is 14.0. The van der Waals surface area contributed by atoms with Crippen molar-refractivity contribution >= 4 is 17.4 Å². The molecule has 1 fully saturated rings. The fraction of sp³-hybridized carbons (Fsp3) is 0.650. The highest BCUT2D eigenvalue weighted by molar-refractivity contribution is 5.72. The maximum absolute atomic E-state index is 12.6. The van der Waals surface area contributed by atoms with Crippen LogP contribution < -0.4 is 10.5 Å². The standard InChI is InChI=1S/C20H31N5O4/c1-13-10-24(19(27)29-20(3,4)5)14(2)9-23(13)16-8-17(26)22(6)25-11-15(12-28-7)21-18(16)25/h8,11,13-14H,9-10,12H2,1-7H3/t13-,14+/m0/s1. The molecule has 9 nitrogen and oxygen atoms in total. The van der Waals surface area contributed by atoms with Crippen LogP contribution in [0, 0.1) is 0 Å². The zero-order chi connectivity index (χ0) is 21.5. The Bertz CT molecular complexity index is 958. The van der Waals surface area contributed by atoms with Crippen molar-refractivity contribution in [2.24, 2.45) is 7.05 Å².